The van der Waals surface area contributed by atoms with Crippen LogP contribution in [0, 0.1) is 18.2 Å². The van der Waals surface area contributed by atoms with Crippen molar-refractivity contribution in [3.8, 4) is 0 Å². The molecule has 1 unspecified atom stereocenters. The zero-order chi connectivity index (χ0) is 30.2. The molecular formula is C29H32F2N6O5. The number of esters is 1. The van der Waals surface area contributed by atoms with E-state index in [1.807, 2.05) is 12.1 Å². The van der Waals surface area contributed by atoms with Gasteiger partial charge in [-0.05, 0) is 42.7 Å². The van der Waals surface area contributed by atoms with Gasteiger partial charge < -0.3 is 30.3 Å². The van der Waals surface area contributed by atoms with E-state index in [-0.39, 0.29) is 36.0 Å². The summed E-state index contributed by atoms with van der Waals surface area (Å²) in [6.07, 6.45) is 1.75. The van der Waals surface area contributed by atoms with Crippen LogP contribution in [0.3, 0.4) is 0 Å². The summed E-state index contributed by atoms with van der Waals surface area (Å²) in [6.45, 7) is 9.13. The van der Waals surface area contributed by atoms with Gasteiger partial charge in [-0.3, -0.25) is 0 Å². The first-order valence-electron chi connectivity index (χ1n) is 13.4. The van der Waals surface area contributed by atoms with E-state index in [0.29, 0.717) is 12.2 Å². The lowest BCUT2D eigenvalue weighted by Gasteiger charge is -2.37. The van der Waals surface area contributed by atoms with Crippen molar-refractivity contribution in [1.82, 2.24) is 20.9 Å². The van der Waals surface area contributed by atoms with Crippen molar-refractivity contribution in [1.29, 1.82) is 0 Å². The summed E-state index contributed by atoms with van der Waals surface area (Å²) in [5.74, 6) is -3.19. The van der Waals surface area contributed by atoms with E-state index in [1.54, 1.807) is 12.1 Å². The molecule has 2 heterocycles. The lowest BCUT2D eigenvalue weighted by Crippen LogP contribution is -2.56. The van der Waals surface area contributed by atoms with Gasteiger partial charge in [0.1, 0.15) is 6.04 Å². The zero-order valence-corrected chi connectivity index (χ0v) is 23.3. The Balaban J connectivity index is 1.40. The van der Waals surface area contributed by atoms with E-state index < -0.39 is 35.7 Å². The van der Waals surface area contributed by atoms with Crippen LogP contribution < -0.4 is 20.9 Å². The van der Waals surface area contributed by atoms with Crippen LogP contribution in [-0.4, -0.2) is 76.0 Å². The first kappa shape index (κ1) is 30.4. The molecule has 0 radical (unpaired) electrons. The molecule has 1 fully saturated rings. The number of hydrogen-bond donors (Lipinski definition) is 3. The number of nitrogens with one attached hydrogen (secondary N) is 3. The van der Waals surface area contributed by atoms with Gasteiger partial charge in [0, 0.05) is 45.0 Å². The molecule has 1 saturated heterocycles. The summed E-state index contributed by atoms with van der Waals surface area (Å²) in [6, 6.07) is 7.50. The number of imide groups is 1. The second-order valence-electron chi connectivity index (χ2n) is 9.77. The van der Waals surface area contributed by atoms with Gasteiger partial charge in [0.2, 0.25) is 0 Å². The minimum Gasteiger partial charge on any atom is -0.466 e. The van der Waals surface area contributed by atoms with Crippen LogP contribution in [0.2, 0.25) is 0 Å². The molecule has 2 aliphatic rings. The molecule has 0 saturated carbocycles. The van der Waals surface area contributed by atoms with Crippen molar-refractivity contribution in [2.24, 2.45) is 0 Å². The predicted octanol–water partition coefficient (Wildman–Crippen LogP) is 3.62. The third-order valence-electron chi connectivity index (χ3n) is 7.18. The number of hydrogen-bond acceptors (Lipinski definition) is 7. The van der Waals surface area contributed by atoms with E-state index in [1.165, 1.54) is 13.2 Å². The van der Waals surface area contributed by atoms with E-state index in [4.69, 9.17) is 16.0 Å². The second kappa shape index (κ2) is 13.9. The van der Waals surface area contributed by atoms with Crippen molar-refractivity contribution >= 4 is 29.4 Å². The van der Waals surface area contributed by atoms with Crippen LogP contribution in [0.15, 0.2) is 53.7 Å². The van der Waals surface area contributed by atoms with Gasteiger partial charge in [0.15, 0.2) is 17.3 Å². The molecule has 0 spiro atoms. The normalized spacial score (nSPS) is 17.5. The molecule has 4 amide bonds. The second-order valence-corrected chi connectivity index (χ2v) is 9.77. The summed E-state index contributed by atoms with van der Waals surface area (Å²) >= 11 is 0. The quantitative estimate of drug-likeness (QED) is 0.235. The Kier molecular flexibility index (Phi) is 10.1. The molecular weight excluding hydrogens is 550 g/mol. The topological polar surface area (TPSA) is 117 Å². The Morgan fingerprint density at radius 1 is 1.07 bits per heavy atom. The van der Waals surface area contributed by atoms with Crippen LogP contribution in [0.4, 0.5) is 29.7 Å². The number of piperidine rings is 1. The Bertz CT molecular complexity index is 1390. The lowest BCUT2D eigenvalue weighted by molar-refractivity contribution is -0.137. The van der Waals surface area contributed by atoms with Gasteiger partial charge in [-0.25, -0.2) is 32.9 Å². The Hall–Kier alpha value is -4.54. The highest BCUT2D eigenvalue weighted by molar-refractivity contribution is 6.01. The minimum atomic E-state index is -1.40. The van der Waals surface area contributed by atoms with Crippen LogP contribution >= 0.6 is 0 Å². The number of halogens is 2. The van der Waals surface area contributed by atoms with Crippen LogP contribution in [0.5, 0.6) is 0 Å². The highest BCUT2D eigenvalue weighted by Crippen LogP contribution is 2.35. The number of urea groups is 2. The molecule has 0 aromatic heterocycles. The zero-order valence-electron chi connectivity index (χ0n) is 23.3. The highest BCUT2D eigenvalue weighted by atomic mass is 19.2. The number of anilines is 1. The summed E-state index contributed by atoms with van der Waals surface area (Å²) in [5, 5.41) is 8.56. The number of ether oxygens (including phenoxy) is 2. The number of nitrogens with zero attached hydrogens (tertiary/aromatic N) is 3. The fourth-order valence-corrected chi connectivity index (χ4v) is 5.09. The van der Waals surface area contributed by atoms with E-state index in [2.05, 4.69) is 25.7 Å². The molecule has 4 rings (SSSR count). The first-order chi connectivity index (χ1) is 20.3. The van der Waals surface area contributed by atoms with Crippen LogP contribution in [-0.2, 0) is 14.3 Å². The number of carbonyl (C=O) groups excluding carboxylic acids is 3. The number of carbonyl (C=O) groups is 3. The van der Waals surface area contributed by atoms with Crippen molar-refractivity contribution in [3.05, 3.63) is 82.3 Å². The Morgan fingerprint density at radius 2 is 1.79 bits per heavy atom. The lowest BCUT2D eigenvalue weighted by atomic mass is 9.93. The predicted molar refractivity (Wildman–Crippen MR) is 150 cm³/mol. The van der Waals surface area contributed by atoms with Gasteiger partial charge in [-0.2, -0.15) is 0 Å². The Morgan fingerprint density at radius 3 is 2.40 bits per heavy atom. The molecule has 2 aliphatic heterocycles. The molecule has 1 atom stereocenters. The smallest absolute Gasteiger partial charge is 0.338 e. The van der Waals surface area contributed by atoms with Gasteiger partial charge in [-0.1, -0.05) is 18.2 Å². The van der Waals surface area contributed by atoms with Crippen molar-refractivity contribution in [3.63, 3.8) is 0 Å². The van der Waals surface area contributed by atoms with Crippen molar-refractivity contribution in [2.45, 2.75) is 24.9 Å². The molecule has 222 valence electrons. The highest BCUT2D eigenvalue weighted by Gasteiger charge is 2.43. The molecule has 42 heavy (non-hydrogen) atoms. The summed E-state index contributed by atoms with van der Waals surface area (Å²) in [5.41, 5.74) is 1.57. The van der Waals surface area contributed by atoms with Gasteiger partial charge >= 0.3 is 18.0 Å². The third-order valence-corrected chi connectivity index (χ3v) is 7.18. The summed E-state index contributed by atoms with van der Waals surface area (Å²) in [4.78, 5) is 45.6. The largest absolute Gasteiger partial charge is 0.466 e. The third kappa shape index (κ3) is 6.84. The maximum absolute atomic E-state index is 14.2. The van der Waals surface area contributed by atoms with Crippen molar-refractivity contribution < 1.29 is 32.6 Å². The fraction of sp³-hybridized carbons (Fsp3) is 0.379. The summed E-state index contributed by atoms with van der Waals surface area (Å²) < 4.78 is 37.9. The average Bonchev–Trinajstić information content (AvgIpc) is 3.00. The van der Waals surface area contributed by atoms with Crippen molar-refractivity contribution in [2.75, 3.05) is 51.9 Å². The number of amides is 4. The monoisotopic (exact) mass is 582 g/mol. The Labute approximate surface area is 242 Å². The first-order valence-corrected chi connectivity index (χ1v) is 13.4. The van der Waals surface area contributed by atoms with Gasteiger partial charge in [0.05, 0.1) is 31.6 Å². The molecule has 11 nitrogen and oxygen atoms in total. The molecule has 13 heteroatoms. The molecule has 0 aliphatic carbocycles. The number of methoxy groups -OCH3 is 2. The summed E-state index contributed by atoms with van der Waals surface area (Å²) in [7, 11) is 2.48. The van der Waals surface area contributed by atoms with Crippen LogP contribution in [0.1, 0.15) is 24.4 Å². The fourth-order valence-electron chi connectivity index (χ4n) is 5.09. The number of benzene rings is 2. The molecule has 2 aromatic carbocycles. The van der Waals surface area contributed by atoms with Crippen LogP contribution in [0.25, 0.3) is 4.85 Å². The SMILES string of the molecule is [C-]#[N+]c1ccc(N2CCC(NCCNC(=O)N3C(=O)NC(COC)=C(C(=O)OC)C3c3ccc(F)c(F)c3)CC2)cc1. The maximum Gasteiger partial charge on any atom is 0.338 e. The van der Waals surface area contributed by atoms with Gasteiger partial charge in [0.25, 0.3) is 0 Å². The maximum atomic E-state index is 14.2. The minimum absolute atomic E-state index is 0.00140. The average molecular weight is 583 g/mol. The standard InChI is InChI=1S/C29H32F2N6O5/c1-32-19-5-7-21(8-6-19)36-14-10-20(11-15-36)33-12-13-34-28(39)37-26(18-4-9-22(30)23(31)16-18)25(27(38)42-3)24(17-41-2)35-29(37)40/h4-9,16,20,26,33H,10-15,17H2,2-3H3,(H,34,39)(H,35,40). The molecule has 3 N–H and O–H groups in total. The van der Waals surface area contributed by atoms with E-state index in [0.717, 1.165) is 55.8 Å². The molecule has 2 aromatic rings. The number of rotatable bonds is 9. The van der Waals surface area contributed by atoms with Gasteiger partial charge in [-0.15, -0.1) is 0 Å². The molecule has 0 bridgehead atoms. The van der Waals surface area contributed by atoms with E-state index in [9.17, 15) is 23.2 Å². The van der Waals surface area contributed by atoms with E-state index >= 15 is 0 Å².